The van der Waals surface area contributed by atoms with E-state index in [1.165, 1.54) is 0 Å². The number of hydrogen-bond donors (Lipinski definition) is 2. The highest BCUT2D eigenvalue weighted by atomic mass is 79.9. The third-order valence-electron chi connectivity index (χ3n) is 0.966. The van der Waals surface area contributed by atoms with Crippen molar-refractivity contribution in [3.8, 4) is 0 Å². The number of anilines is 1. The second kappa shape index (κ2) is 3.64. The fraction of sp³-hybridized carbons (Fsp3) is 0. The molecule has 0 radical (unpaired) electrons. The van der Waals surface area contributed by atoms with E-state index in [-0.39, 0.29) is 5.11 Å². The Hall–Kier alpha value is -0.680. The van der Waals surface area contributed by atoms with Crippen molar-refractivity contribution in [3.63, 3.8) is 0 Å². The van der Waals surface area contributed by atoms with Gasteiger partial charge >= 0.3 is 0 Å². The molecular weight excluding hydrogens is 226 g/mol. The summed E-state index contributed by atoms with van der Waals surface area (Å²) in [5.74, 6) is 0.645. The zero-order chi connectivity index (χ0) is 8.27. The van der Waals surface area contributed by atoms with Crippen LogP contribution in [-0.2, 0) is 0 Å². The number of nitrogens with zero attached hydrogens (tertiary/aromatic N) is 1. The van der Waals surface area contributed by atoms with E-state index in [9.17, 15) is 0 Å². The van der Waals surface area contributed by atoms with Gasteiger partial charge in [0.05, 0.1) is 0 Å². The predicted molar refractivity (Wildman–Crippen MR) is 52.3 cm³/mol. The molecule has 0 bridgehead atoms. The molecule has 1 aromatic rings. The van der Waals surface area contributed by atoms with E-state index in [1.54, 1.807) is 6.07 Å². The second-order valence-corrected chi connectivity index (χ2v) is 3.09. The summed E-state index contributed by atoms with van der Waals surface area (Å²) in [6.07, 6.45) is 0. The van der Waals surface area contributed by atoms with Crippen LogP contribution in [0.15, 0.2) is 22.8 Å². The summed E-state index contributed by atoms with van der Waals surface area (Å²) in [6, 6.07) is 5.45. The molecule has 0 spiro atoms. The molecule has 0 aliphatic rings. The van der Waals surface area contributed by atoms with Crippen LogP contribution >= 0.6 is 28.1 Å². The number of aromatic nitrogens is 1. The van der Waals surface area contributed by atoms with E-state index in [2.05, 4.69) is 38.4 Å². The molecule has 0 saturated heterocycles. The lowest BCUT2D eigenvalue weighted by Crippen LogP contribution is -2.19. The molecule has 0 aromatic carbocycles. The lowest BCUT2D eigenvalue weighted by Gasteiger charge is -2.01. The quantitative estimate of drug-likeness (QED) is 0.569. The summed E-state index contributed by atoms with van der Waals surface area (Å²) >= 11 is 7.85. The van der Waals surface area contributed by atoms with Crippen molar-refractivity contribution in [2.24, 2.45) is 5.73 Å². The Balaban J connectivity index is 2.79. The minimum atomic E-state index is 0.218. The van der Waals surface area contributed by atoms with Crippen molar-refractivity contribution < 1.29 is 0 Å². The molecule has 0 unspecified atom stereocenters. The largest absolute Gasteiger partial charge is 0.376 e. The van der Waals surface area contributed by atoms with Crippen LogP contribution in [0.2, 0.25) is 0 Å². The van der Waals surface area contributed by atoms with Gasteiger partial charge in [-0.3, -0.25) is 0 Å². The minimum absolute atomic E-state index is 0.218. The number of halogens is 1. The number of rotatable bonds is 1. The van der Waals surface area contributed by atoms with E-state index in [4.69, 9.17) is 5.73 Å². The molecule has 0 saturated carbocycles. The summed E-state index contributed by atoms with van der Waals surface area (Å²) < 4.78 is 0.749. The van der Waals surface area contributed by atoms with Gasteiger partial charge in [0.25, 0.3) is 0 Å². The lowest BCUT2D eigenvalue weighted by atomic mass is 10.5. The molecule has 0 fully saturated rings. The molecular formula is C6H6BrN3S. The van der Waals surface area contributed by atoms with Crippen molar-refractivity contribution >= 4 is 39.1 Å². The number of thiocarbonyl (C=S) groups is 1. The standard InChI is InChI=1S/C6H6BrN3S/c7-4-2-1-3-5(9-4)10-6(8)11/h1-3H,(H3,8,9,10,11). The molecule has 0 amide bonds. The maximum absolute atomic E-state index is 5.24. The lowest BCUT2D eigenvalue weighted by molar-refractivity contribution is 1.27. The van der Waals surface area contributed by atoms with Crippen LogP contribution in [0.3, 0.4) is 0 Å². The van der Waals surface area contributed by atoms with Crippen LogP contribution in [0.25, 0.3) is 0 Å². The number of nitrogens with two attached hydrogens (primary N) is 1. The summed E-state index contributed by atoms with van der Waals surface area (Å²) in [6.45, 7) is 0. The van der Waals surface area contributed by atoms with E-state index >= 15 is 0 Å². The topological polar surface area (TPSA) is 50.9 Å². The summed E-state index contributed by atoms with van der Waals surface area (Å²) in [5, 5.41) is 2.93. The third-order valence-corrected chi connectivity index (χ3v) is 1.51. The zero-order valence-electron chi connectivity index (χ0n) is 5.54. The molecule has 3 N–H and O–H groups in total. The first-order chi connectivity index (χ1) is 5.18. The Morgan fingerprint density at radius 1 is 1.64 bits per heavy atom. The molecule has 0 atom stereocenters. The maximum Gasteiger partial charge on any atom is 0.169 e. The van der Waals surface area contributed by atoms with Gasteiger partial charge in [0, 0.05) is 0 Å². The van der Waals surface area contributed by atoms with Gasteiger partial charge < -0.3 is 11.1 Å². The van der Waals surface area contributed by atoms with Crippen LogP contribution in [0.1, 0.15) is 0 Å². The first-order valence-corrected chi connectivity index (χ1v) is 4.07. The van der Waals surface area contributed by atoms with Gasteiger partial charge in [0.2, 0.25) is 0 Å². The van der Waals surface area contributed by atoms with Gasteiger partial charge in [0.1, 0.15) is 10.4 Å². The van der Waals surface area contributed by atoms with Crippen LogP contribution in [0.4, 0.5) is 5.82 Å². The Labute approximate surface area is 78.1 Å². The predicted octanol–water partition coefficient (Wildman–Crippen LogP) is 1.50. The number of nitrogens with one attached hydrogen (secondary N) is 1. The van der Waals surface area contributed by atoms with Crippen molar-refractivity contribution in [1.82, 2.24) is 4.98 Å². The summed E-state index contributed by atoms with van der Waals surface area (Å²) in [4.78, 5) is 4.05. The highest BCUT2D eigenvalue weighted by Crippen LogP contribution is 2.09. The van der Waals surface area contributed by atoms with Gasteiger partial charge in [-0.15, -0.1) is 0 Å². The van der Waals surface area contributed by atoms with Gasteiger partial charge in [-0.2, -0.15) is 0 Å². The zero-order valence-corrected chi connectivity index (χ0v) is 7.95. The van der Waals surface area contributed by atoms with Crippen molar-refractivity contribution in [3.05, 3.63) is 22.8 Å². The first kappa shape index (κ1) is 8.42. The monoisotopic (exact) mass is 231 g/mol. The maximum atomic E-state index is 5.24. The van der Waals surface area contributed by atoms with Crippen molar-refractivity contribution in [1.29, 1.82) is 0 Å². The minimum Gasteiger partial charge on any atom is -0.376 e. The summed E-state index contributed by atoms with van der Waals surface area (Å²) in [5.41, 5.74) is 5.24. The highest BCUT2D eigenvalue weighted by Gasteiger charge is 1.93. The smallest absolute Gasteiger partial charge is 0.169 e. The fourth-order valence-corrected chi connectivity index (χ4v) is 1.05. The molecule has 58 valence electrons. The van der Waals surface area contributed by atoms with Crippen LogP contribution in [0.5, 0.6) is 0 Å². The molecule has 1 heterocycles. The molecule has 1 aromatic heterocycles. The molecule has 0 aliphatic heterocycles. The van der Waals surface area contributed by atoms with Crippen LogP contribution < -0.4 is 11.1 Å². The average molecular weight is 232 g/mol. The van der Waals surface area contributed by atoms with E-state index in [0.29, 0.717) is 5.82 Å². The van der Waals surface area contributed by atoms with E-state index in [1.807, 2.05) is 12.1 Å². The molecule has 1 rings (SSSR count). The van der Waals surface area contributed by atoms with Crippen molar-refractivity contribution in [2.45, 2.75) is 0 Å². The van der Waals surface area contributed by atoms with Crippen molar-refractivity contribution in [2.75, 3.05) is 5.32 Å². The van der Waals surface area contributed by atoms with Gasteiger partial charge in [-0.25, -0.2) is 4.98 Å². The van der Waals surface area contributed by atoms with E-state index < -0.39 is 0 Å². The van der Waals surface area contributed by atoms with Gasteiger partial charge in [-0.05, 0) is 40.3 Å². The summed E-state index contributed by atoms with van der Waals surface area (Å²) in [7, 11) is 0. The molecule has 11 heavy (non-hydrogen) atoms. The van der Waals surface area contributed by atoms with Gasteiger partial charge in [-0.1, -0.05) is 6.07 Å². The Morgan fingerprint density at radius 3 is 2.91 bits per heavy atom. The third kappa shape index (κ3) is 2.81. The Kier molecular flexibility index (Phi) is 2.78. The Bertz CT molecular complexity index is 276. The fourth-order valence-electron chi connectivity index (χ4n) is 0.604. The van der Waals surface area contributed by atoms with Crippen LogP contribution in [0, 0.1) is 0 Å². The average Bonchev–Trinajstić information content (AvgIpc) is 1.85. The molecule has 5 heteroatoms. The van der Waals surface area contributed by atoms with E-state index in [0.717, 1.165) is 4.60 Å². The SMILES string of the molecule is NC(=S)Nc1cccc(Br)n1. The first-order valence-electron chi connectivity index (χ1n) is 2.87. The van der Waals surface area contributed by atoms with Gasteiger partial charge in [0.15, 0.2) is 5.11 Å². The van der Waals surface area contributed by atoms with Crippen LogP contribution in [-0.4, -0.2) is 10.1 Å². The second-order valence-electron chi connectivity index (χ2n) is 1.83. The highest BCUT2D eigenvalue weighted by molar-refractivity contribution is 9.10. The number of hydrogen-bond acceptors (Lipinski definition) is 2. The number of pyridine rings is 1. The molecule has 3 nitrogen and oxygen atoms in total. The molecule has 0 aliphatic carbocycles. The Morgan fingerprint density at radius 2 is 2.36 bits per heavy atom. The normalized spacial score (nSPS) is 9.18.